The number of carbonyl (C=O) groups is 1. The molecule has 0 saturated carbocycles. The lowest BCUT2D eigenvalue weighted by atomic mass is 9.96. The van der Waals surface area contributed by atoms with Crippen LogP contribution in [0.3, 0.4) is 0 Å². The zero-order valence-electron chi connectivity index (χ0n) is 16.8. The third-order valence-electron chi connectivity index (χ3n) is 6.14. The number of nitrogens with one attached hydrogen (secondary N) is 1. The summed E-state index contributed by atoms with van der Waals surface area (Å²) >= 11 is 0. The van der Waals surface area contributed by atoms with Gasteiger partial charge in [0, 0.05) is 32.2 Å². The highest BCUT2D eigenvalue weighted by molar-refractivity contribution is 5.82. The van der Waals surface area contributed by atoms with E-state index >= 15 is 0 Å². The molecule has 2 unspecified atom stereocenters. The molecule has 148 valence electrons. The summed E-state index contributed by atoms with van der Waals surface area (Å²) in [5, 5.41) is 3.49. The third-order valence-corrected chi connectivity index (χ3v) is 6.14. The average Bonchev–Trinajstić information content (AvgIpc) is 2.75. The Hall–Kier alpha value is -2.17. The zero-order chi connectivity index (χ0) is 19.3. The normalized spacial score (nSPS) is 23.7. The van der Waals surface area contributed by atoms with E-state index in [0.29, 0.717) is 11.9 Å². The highest BCUT2D eigenvalue weighted by Gasteiger charge is 2.32. The van der Waals surface area contributed by atoms with E-state index in [0.717, 1.165) is 39.0 Å². The Bertz CT molecular complexity index is 716. The molecule has 2 aliphatic heterocycles. The molecule has 1 N–H and O–H groups in total. The van der Waals surface area contributed by atoms with Gasteiger partial charge in [-0.25, -0.2) is 0 Å². The quantitative estimate of drug-likeness (QED) is 0.886. The fourth-order valence-electron chi connectivity index (χ4n) is 4.64. The summed E-state index contributed by atoms with van der Waals surface area (Å²) in [7, 11) is 0. The summed E-state index contributed by atoms with van der Waals surface area (Å²) in [6.45, 7) is 5.61. The molecule has 1 amide bonds. The summed E-state index contributed by atoms with van der Waals surface area (Å²) in [5.41, 5.74) is 2.63. The fourth-order valence-corrected chi connectivity index (χ4v) is 4.64. The van der Waals surface area contributed by atoms with Gasteiger partial charge in [-0.05, 0) is 37.3 Å². The number of benzene rings is 2. The third kappa shape index (κ3) is 4.29. The van der Waals surface area contributed by atoms with E-state index in [4.69, 9.17) is 0 Å². The lowest BCUT2D eigenvalue weighted by Gasteiger charge is -2.41. The first-order valence-corrected chi connectivity index (χ1v) is 10.6. The minimum Gasteiger partial charge on any atom is -0.339 e. The minimum absolute atomic E-state index is 0.00865. The molecule has 28 heavy (non-hydrogen) atoms. The maximum absolute atomic E-state index is 13.0. The van der Waals surface area contributed by atoms with Crippen LogP contribution in [0.25, 0.3) is 0 Å². The number of carbonyl (C=O) groups excluding carboxylic acids is 1. The van der Waals surface area contributed by atoms with Crippen LogP contribution in [-0.2, 0) is 4.79 Å². The maximum Gasteiger partial charge on any atom is 0.239 e. The highest BCUT2D eigenvalue weighted by Crippen LogP contribution is 2.29. The number of piperazine rings is 1. The summed E-state index contributed by atoms with van der Waals surface area (Å²) in [5.74, 6) is 0.294. The lowest BCUT2D eigenvalue weighted by molar-refractivity contribution is -0.136. The van der Waals surface area contributed by atoms with E-state index < -0.39 is 0 Å². The fraction of sp³-hybridized carbons (Fsp3) is 0.458. The molecule has 2 saturated heterocycles. The van der Waals surface area contributed by atoms with E-state index in [1.807, 2.05) is 0 Å². The number of hydrogen-bond donors (Lipinski definition) is 1. The molecule has 4 heteroatoms. The maximum atomic E-state index is 13.0. The topological polar surface area (TPSA) is 35.6 Å². The van der Waals surface area contributed by atoms with Crippen LogP contribution in [0.1, 0.15) is 43.4 Å². The Morgan fingerprint density at radius 2 is 1.46 bits per heavy atom. The predicted molar refractivity (Wildman–Crippen MR) is 113 cm³/mol. The number of nitrogens with zero attached hydrogens (tertiary/aromatic N) is 2. The molecule has 0 spiro atoms. The zero-order valence-corrected chi connectivity index (χ0v) is 16.8. The van der Waals surface area contributed by atoms with E-state index in [1.54, 1.807) is 0 Å². The first-order valence-electron chi connectivity index (χ1n) is 10.6. The van der Waals surface area contributed by atoms with Crippen molar-refractivity contribution in [2.45, 2.75) is 44.3 Å². The van der Waals surface area contributed by atoms with Crippen molar-refractivity contribution < 1.29 is 4.79 Å². The number of rotatable bonds is 4. The standard InChI is InChI=1S/C24H31N3O/c1-19-9-8-14-22(25-19)24(28)27-17-15-26(16-18-27)23(20-10-4-2-5-11-20)21-12-6-3-7-13-21/h2-7,10-13,19,22-23,25H,8-9,14-18H2,1H3. The van der Waals surface area contributed by atoms with Gasteiger partial charge in [0.05, 0.1) is 12.1 Å². The van der Waals surface area contributed by atoms with Gasteiger partial charge in [0.2, 0.25) is 5.91 Å². The molecule has 2 aliphatic rings. The van der Waals surface area contributed by atoms with Gasteiger partial charge in [0.25, 0.3) is 0 Å². The first-order chi connectivity index (χ1) is 13.7. The average molecular weight is 378 g/mol. The van der Waals surface area contributed by atoms with E-state index in [2.05, 4.69) is 82.7 Å². The van der Waals surface area contributed by atoms with Gasteiger partial charge in [-0.15, -0.1) is 0 Å². The second-order valence-corrected chi connectivity index (χ2v) is 8.14. The van der Waals surface area contributed by atoms with Crippen LogP contribution in [-0.4, -0.2) is 54.0 Å². The molecule has 2 atom stereocenters. The SMILES string of the molecule is CC1CCCC(C(=O)N2CCN(C(c3ccccc3)c3ccccc3)CC2)N1. The molecule has 0 aromatic heterocycles. The molecule has 4 nitrogen and oxygen atoms in total. The Morgan fingerprint density at radius 1 is 0.893 bits per heavy atom. The Balaban J connectivity index is 1.45. The predicted octanol–water partition coefficient (Wildman–Crippen LogP) is 3.45. The summed E-state index contributed by atoms with van der Waals surface area (Å²) < 4.78 is 0. The van der Waals surface area contributed by atoms with Crippen LogP contribution in [0.2, 0.25) is 0 Å². The van der Waals surface area contributed by atoms with Crippen molar-refractivity contribution in [3.8, 4) is 0 Å². The van der Waals surface area contributed by atoms with Gasteiger partial charge in [-0.2, -0.15) is 0 Å². The van der Waals surface area contributed by atoms with Crippen molar-refractivity contribution in [3.05, 3.63) is 71.8 Å². The Morgan fingerprint density at radius 3 is 2.00 bits per heavy atom. The molecule has 0 radical (unpaired) electrons. The van der Waals surface area contributed by atoms with Gasteiger partial charge in [0.15, 0.2) is 0 Å². The Labute approximate surface area is 168 Å². The molecule has 2 fully saturated rings. The van der Waals surface area contributed by atoms with Crippen molar-refractivity contribution in [1.82, 2.24) is 15.1 Å². The second-order valence-electron chi connectivity index (χ2n) is 8.14. The molecular weight excluding hydrogens is 346 g/mol. The van der Waals surface area contributed by atoms with Crippen LogP contribution >= 0.6 is 0 Å². The summed E-state index contributed by atoms with van der Waals surface area (Å²) in [6, 6.07) is 22.1. The second kappa shape index (κ2) is 8.89. The molecule has 0 bridgehead atoms. The van der Waals surface area contributed by atoms with Crippen LogP contribution in [0.4, 0.5) is 0 Å². The Kier molecular flexibility index (Phi) is 6.08. The molecule has 2 heterocycles. The first kappa shape index (κ1) is 19.2. The minimum atomic E-state index is 0.00865. The van der Waals surface area contributed by atoms with Crippen molar-refractivity contribution in [3.63, 3.8) is 0 Å². The van der Waals surface area contributed by atoms with Gasteiger partial charge in [-0.3, -0.25) is 9.69 Å². The monoisotopic (exact) mass is 377 g/mol. The van der Waals surface area contributed by atoms with E-state index in [1.165, 1.54) is 17.5 Å². The molecule has 0 aliphatic carbocycles. The summed E-state index contributed by atoms with van der Waals surface area (Å²) in [4.78, 5) is 17.5. The highest BCUT2D eigenvalue weighted by atomic mass is 16.2. The van der Waals surface area contributed by atoms with Crippen molar-refractivity contribution in [2.75, 3.05) is 26.2 Å². The molecule has 2 aromatic rings. The van der Waals surface area contributed by atoms with E-state index in [-0.39, 0.29) is 12.1 Å². The number of piperidine rings is 1. The van der Waals surface area contributed by atoms with Crippen molar-refractivity contribution >= 4 is 5.91 Å². The van der Waals surface area contributed by atoms with Gasteiger partial charge in [0.1, 0.15) is 0 Å². The van der Waals surface area contributed by atoms with Crippen LogP contribution < -0.4 is 5.32 Å². The number of hydrogen-bond acceptors (Lipinski definition) is 3. The van der Waals surface area contributed by atoms with Gasteiger partial charge >= 0.3 is 0 Å². The van der Waals surface area contributed by atoms with Crippen molar-refractivity contribution in [2.24, 2.45) is 0 Å². The van der Waals surface area contributed by atoms with Gasteiger partial charge in [-0.1, -0.05) is 60.7 Å². The van der Waals surface area contributed by atoms with Crippen LogP contribution in [0.5, 0.6) is 0 Å². The van der Waals surface area contributed by atoms with Gasteiger partial charge < -0.3 is 10.2 Å². The van der Waals surface area contributed by atoms with E-state index in [9.17, 15) is 4.79 Å². The largest absolute Gasteiger partial charge is 0.339 e. The smallest absolute Gasteiger partial charge is 0.239 e. The molecule has 2 aromatic carbocycles. The summed E-state index contributed by atoms with van der Waals surface area (Å²) in [6.07, 6.45) is 3.29. The lowest BCUT2D eigenvalue weighted by Crippen LogP contribution is -2.56. The van der Waals surface area contributed by atoms with Crippen molar-refractivity contribution in [1.29, 1.82) is 0 Å². The molecule has 4 rings (SSSR count). The van der Waals surface area contributed by atoms with Crippen LogP contribution in [0.15, 0.2) is 60.7 Å². The number of amides is 1. The van der Waals surface area contributed by atoms with Crippen LogP contribution in [0, 0.1) is 0 Å². The molecular formula is C24H31N3O.